The minimum Gasteiger partial charge on any atom is -0.345 e. The van der Waals surface area contributed by atoms with Gasteiger partial charge in [-0.25, -0.2) is 8.42 Å². The van der Waals surface area contributed by atoms with Gasteiger partial charge in [-0.2, -0.15) is 0 Å². The fourth-order valence-corrected chi connectivity index (χ4v) is 4.66. The summed E-state index contributed by atoms with van der Waals surface area (Å²) in [4.78, 5) is 12.9. The molecule has 0 fully saturated rings. The first kappa shape index (κ1) is 21.6. The fourth-order valence-electron chi connectivity index (χ4n) is 3.35. The summed E-state index contributed by atoms with van der Waals surface area (Å²) >= 11 is 0. The molecule has 1 amide bonds. The largest absolute Gasteiger partial charge is 0.345 e. The van der Waals surface area contributed by atoms with Gasteiger partial charge in [-0.15, -0.1) is 0 Å². The molecular formula is C24H26N2O3S. The van der Waals surface area contributed by atoms with Crippen molar-refractivity contribution in [3.63, 3.8) is 0 Å². The topological polar surface area (TPSA) is 66.5 Å². The number of amides is 1. The molecule has 0 spiro atoms. The van der Waals surface area contributed by atoms with Crippen LogP contribution < -0.4 is 9.62 Å². The van der Waals surface area contributed by atoms with E-state index >= 15 is 0 Å². The van der Waals surface area contributed by atoms with Gasteiger partial charge in [-0.05, 0) is 48.7 Å². The number of nitrogens with one attached hydrogen (secondary N) is 1. The van der Waals surface area contributed by atoms with Crippen molar-refractivity contribution in [2.45, 2.75) is 31.2 Å². The quantitative estimate of drug-likeness (QED) is 0.600. The van der Waals surface area contributed by atoms with Crippen LogP contribution in [0.15, 0.2) is 83.8 Å². The number of benzene rings is 3. The minimum atomic E-state index is -3.80. The van der Waals surface area contributed by atoms with E-state index in [4.69, 9.17) is 0 Å². The lowest BCUT2D eigenvalue weighted by Gasteiger charge is -2.22. The summed E-state index contributed by atoms with van der Waals surface area (Å²) in [5, 5.41) is 3.00. The van der Waals surface area contributed by atoms with Gasteiger partial charge in [0.05, 0.1) is 16.6 Å². The van der Waals surface area contributed by atoms with Crippen LogP contribution >= 0.6 is 0 Å². The van der Waals surface area contributed by atoms with Crippen LogP contribution in [0.25, 0.3) is 0 Å². The summed E-state index contributed by atoms with van der Waals surface area (Å²) < 4.78 is 27.6. The van der Waals surface area contributed by atoms with Crippen LogP contribution in [0.2, 0.25) is 0 Å². The molecule has 1 unspecified atom stereocenters. The molecule has 1 atom stereocenters. The van der Waals surface area contributed by atoms with Crippen molar-refractivity contribution in [1.82, 2.24) is 5.32 Å². The molecule has 156 valence electrons. The van der Waals surface area contributed by atoms with Gasteiger partial charge >= 0.3 is 0 Å². The molecule has 3 aromatic rings. The van der Waals surface area contributed by atoms with Crippen molar-refractivity contribution in [2.75, 3.05) is 11.4 Å². The number of carbonyl (C=O) groups is 1. The van der Waals surface area contributed by atoms with E-state index in [1.54, 1.807) is 24.3 Å². The van der Waals surface area contributed by atoms with Crippen molar-refractivity contribution in [3.8, 4) is 0 Å². The third-order valence-electron chi connectivity index (χ3n) is 5.12. The maximum absolute atomic E-state index is 13.2. The molecule has 0 aliphatic heterocycles. The first-order valence-electron chi connectivity index (χ1n) is 9.85. The van der Waals surface area contributed by atoms with Crippen LogP contribution in [0.4, 0.5) is 5.69 Å². The van der Waals surface area contributed by atoms with Crippen LogP contribution in [0.1, 0.15) is 40.9 Å². The highest BCUT2D eigenvalue weighted by Crippen LogP contribution is 2.25. The van der Waals surface area contributed by atoms with E-state index in [2.05, 4.69) is 5.32 Å². The zero-order valence-corrected chi connectivity index (χ0v) is 18.2. The van der Waals surface area contributed by atoms with E-state index in [-0.39, 0.29) is 16.8 Å². The Kier molecular flexibility index (Phi) is 6.57. The molecule has 0 saturated heterocycles. The lowest BCUT2D eigenvalue weighted by molar-refractivity contribution is 0.0935. The maximum Gasteiger partial charge on any atom is 0.264 e. The van der Waals surface area contributed by atoms with Gasteiger partial charge in [0.25, 0.3) is 15.9 Å². The van der Waals surface area contributed by atoms with Crippen LogP contribution in [-0.2, 0) is 10.0 Å². The molecule has 0 aliphatic rings. The molecule has 6 heteroatoms. The number of hydrogen-bond donors (Lipinski definition) is 1. The molecule has 0 saturated carbocycles. The molecule has 0 radical (unpaired) electrons. The molecule has 0 aliphatic carbocycles. The second kappa shape index (κ2) is 9.13. The third-order valence-corrected chi connectivity index (χ3v) is 6.89. The van der Waals surface area contributed by atoms with E-state index < -0.39 is 10.0 Å². The number of para-hydroxylation sites is 1. The monoisotopic (exact) mass is 422 g/mol. The summed E-state index contributed by atoms with van der Waals surface area (Å²) in [6.07, 6.45) is 0.726. The molecule has 0 bridgehead atoms. The number of carbonyl (C=O) groups excluding carboxylic acids is 1. The van der Waals surface area contributed by atoms with Crippen molar-refractivity contribution in [3.05, 3.63) is 95.6 Å². The van der Waals surface area contributed by atoms with Crippen LogP contribution in [0.3, 0.4) is 0 Å². The molecular weight excluding hydrogens is 396 g/mol. The first-order chi connectivity index (χ1) is 14.3. The van der Waals surface area contributed by atoms with E-state index in [1.807, 2.05) is 56.3 Å². The smallest absolute Gasteiger partial charge is 0.264 e. The van der Waals surface area contributed by atoms with Gasteiger partial charge in [-0.1, -0.05) is 61.5 Å². The summed E-state index contributed by atoms with van der Waals surface area (Å²) in [5.41, 5.74) is 2.77. The van der Waals surface area contributed by atoms with Crippen molar-refractivity contribution in [1.29, 1.82) is 0 Å². The number of rotatable bonds is 7. The number of nitrogens with zero attached hydrogens (tertiary/aromatic N) is 1. The van der Waals surface area contributed by atoms with Gasteiger partial charge < -0.3 is 5.32 Å². The Hall–Kier alpha value is -3.12. The van der Waals surface area contributed by atoms with Gasteiger partial charge in [0.2, 0.25) is 0 Å². The average Bonchev–Trinajstić information content (AvgIpc) is 2.77. The summed E-state index contributed by atoms with van der Waals surface area (Å²) in [6.45, 7) is 3.86. The molecule has 3 rings (SSSR count). The molecule has 1 N–H and O–H groups in total. The Morgan fingerprint density at radius 2 is 1.63 bits per heavy atom. The molecule has 3 aromatic carbocycles. The van der Waals surface area contributed by atoms with Gasteiger partial charge in [0.15, 0.2) is 0 Å². The number of sulfonamides is 1. The van der Waals surface area contributed by atoms with Crippen LogP contribution in [0, 0.1) is 6.92 Å². The van der Waals surface area contributed by atoms with E-state index in [0.717, 1.165) is 17.5 Å². The Balaban J connectivity index is 1.86. The van der Waals surface area contributed by atoms with Crippen LogP contribution in [0.5, 0.6) is 0 Å². The van der Waals surface area contributed by atoms with E-state index in [1.165, 1.54) is 23.5 Å². The second-order valence-electron chi connectivity index (χ2n) is 7.13. The Bertz CT molecular complexity index is 1130. The second-order valence-corrected chi connectivity index (χ2v) is 9.10. The normalized spacial score (nSPS) is 12.2. The molecule has 0 aromatic heterocycles. The number of aryl methyl sites for hydroxylation is 1. The van der Waals surface area contributed by atoms with Crippen molar-refractivity contribution in [2.24, 2.45) is 0 Å². The Morgan fingerprint density at radius 3 is 2.30 bits per heavy atom. The predicted molar refractivity (Wildman–Crippen MR) is 120 cm³/mol. The summed E-state index contributed by atoms with van der Waals surface area (Å²) in [7, 11) is -2.28. The van der Waals surface area contributed by atoms with Gasteiger partial charge in [0.1, 0.15) is 0 Å². The predicted octanol–water partition coefficient (Wildman–Crippen LogP) is 4.70. The standard InChI is InChI=1S/C24H26N2O3S/c1-4-22(19-12-6-5-7-13-19)25-24(27)20-14-10-15-21(17-20)30(28,29)26(3)23-16-9-8-11-18(23)2/h5-17,22H,4H2,1-3H3,(H,25,27). The number of hydrogen-bond acceptors (Lipinski definition) is 3. The zero-order valence-electron chi connectivity index (χ0n) is 17.4. The fraction of sp³-hybridized carbons (Fsp3) is 0.208. The molecule has 0 heterocycles. The first-order valence-corrected chi connectivity index (χ1v) is 11.3. The Labute approximate surface area is 178 Å². The van der Waals surface area contributed by atoms with Gasteiger partial charge in [0, 0.05) is 12.6 Å². The molecule has 30 heavy (non-hydrogen) atoms. The lowest BCUT2D eigenvalue weighted by Crippen LogP contribution is -2.29. The lowest BCUT2D eigenvalue weighted by atomic mass is 10.0. The van der Waals surface area contributed by atoms with Crippen molar-refractivity contribution >= 4 is 21.6 Å². The van der Waals surface area contributed by atoms with E-state index in [0.29, 0.717) is 11.3 Å². The average molecular weight is 423 g/mol. The van der Waals surface area contributed by atoms with Crippen LogP contribution in [-0.4, -0.2) is 21.4 Å². The highest BCUT2D eigenvalue weighted by molar-refractivity contribution is 7.92. The number of anilines is 1. The summed E-state index contributed by atoms with van der Waals surface area (Å²) in [6, 6.07) is 23.0. The Morgan fingerprint density at radius 1 is 0.967 bits per heavy atom. The SMILES string of the molecule is CCC(NC(=O)c1cccc(S(=O)(=O)N(C)c2ccccc2C)c1)c1ccccc1. The van der Waals surface area contributed by atoms with E-state index in [9.17, 15) is 13.2 Å². The zero-order chi connectivity index (χ0) is 21.7. The third kappa shape index (κ3) is 4.54. The summed E-state index contributed by atoms with van der Waals surface area (Å²) in [5.74, 6) is -0.304. The highest BCUT2D eigenvalue weighted by Gasteiger charge is 2.24. The van der Waals surface area contributed by atoms with Crippen molar-refractivity contribution < 1.29 is 13.2 Å². The maximum atomic E-state index is 13.2. The van der Waals surface area contributed by atoms with Gasteiger partial charge in [-0.3, -0.25) is 9.10 Å². The highest BCUT2D eigenvalue weighted by atomic mass is 32.2. The molecule has 5 nitrogen and oxygen atoms in total. The minimum absolute atomic E-state index is 0.0775.